The van der Waals surface area contributed by atoms with Crippen LogP contribution in [0, 0.1) is 13.8 Å². The van der Waals surface area contributed by atoms with Crippen LogP contribution in [0.4, 0.5) is 0 Å². The van der Waals surface area contributed by atoms with Gasteiger partial charge in [0.1, 0.15) is 0 Å². The highest BCUT2D eigenvalue weighted by molar-refractivity contribution is 9.10. The molecular weight excluding hydrogens is 326 g/mol. The Balaban J connectivity index is 2.32. The highest BCUT2D eigenvalue weighted by Gasteiger charge is 2.24. The molecule has 19 heavy (non-hydrogen) atoms. The maximum atomic E-state index is 11.5. The Labute approximate surface area is 124 Å². The Hall–Kier alpha value is -1.20. The molecule has 0 spiro atoms. The quantitative estimate of drug-likeness (QED) is 0.917. The van der Waals surface area contributed by atoms with Crippen molar-refractivity contribution < 1.29 is 9.90 Å². The lowest BCUT2D eigenvalue weighted by Gasteiger charge is -2.12. The summed E-state index contributed by atoms with van der Waals surface area (Å²) in [5, 5.41) is 10.3. The van der Waals surface area contributed by atoms with Crippen molar-refractivity contribution in [3.05, 3.63) is 49.9 Å². The van der Waals surface area contributed by atoms with Crippen molar-refractivity contribution in [2.45, 2.75) is 26.2 Å². The van der Waals surface area contributed by atoms with Crippen molar-refractivity contribution in [2.75, 3.05) is 0 Å². The molecule has 3 nitrogen and oxygen atoms in total. The van der Waals surface area contributed by atoms with Gasteiger partial charge in [0.2, 0.25) is 0 Å². The summed E-state index contributed by atoms with van der Waals surface area (Å²) in [4.78, 5) is 17.1. The molecule has 1 aromatic carbocycles. The van der Waals surface area contributed by atoms with E-state index in [2.05, 4.69) is 20.9 Å². The minimum Gasteiger partial charge on any atom is -0.481 e. The smallest absolute Gasteiger partial charge is 0.311 e. The van der Waals surface area contributed by atoms with Gasteiger partial charge in [-0.1, -0.05) is 34.1 Å². The first-order valence-corrected chi connectivity index (χ1v) is 7.50. The van der Waals surface area contributed by atoms with Gasteiger partial charge in [-0.25, -0.2) is 4.98 Å². The molecule has 1 atom stereocenters. The second-order valence-electron chi connectivity index (χ2n) is 4.37. The molecular formula is C14H14BrNO2S. The highest BCUT2D eigenvalue weighted by Crippen LogP contribution is 2.30. The average Bonchev–Trinajstić information content (AvgIpc) is 2.66. The Morgan fingerprint density at radius 1 is 1.42 bits per heavy atom. The van der Waals surface area contributed by atoms with Crippen molar-refractivity contribution in [1.82, 2.24) is 4.98 Å². The fourth-order valence-corrected chi connectivity index (χ4v) is 3.43. The molecule has 0 saturated carbocycles. The second kappa shape index (κ2) is 5.84. The third-order valence-corrected chi connectivity index (χ3v) is 4.85. The highest BCUT2D eigenvalue weighted by atomic mass is 79.9. The number of nitrogens with zero attached hydrogens (tertiary/aromatic N) is 1. The van der Waals surface area contributed by atoms with Gasteiger partial charge in [0.05, 0.1) is 16.6 Å². The summed E-state index contributed by atoms with van der Waals surface area (Å²) < 4.78 is 0.826. The van der Waals surface area contributed by atoms with E-state index in [4.69, 9.17) is 0 Å². The normalized spacial score (nSPS) is 12.4. The van der Waals surface area contributed by atoms with E-state index in [9.17, 15) is 9.90 Å². The Morgan fingerprint density at radius 3 is 2.63 bits per heavy atom. The van der Waals surface area contributed by atoms with Crippen molar-refractivity contribution in [3.8, 4) is 0 Å². The molecule has 0 bridgehead atoms. The van der Waals surface area contributed by atoms with Gasteiger partial charge in [0.25, 0.3) is 0 Å². The topological polar surface area (TPSA) is 50.2 Å². The van der Waals surface area contributed by atoms with Gasteiger partial charge in [-0.15, -0.1) is 11.3 Å². The number of carboxylic acids is 1. The Morgan fingerprint density at radius 2 is 2.11 bits per heavy atom. The number of hydrogen-bond donors (Lipinski definition) is 1. The molecule has 1 unspecified atom stereocenters. The van der Waals surface area contributed by atoms with E-state index in [1.165, 1.54) is 0 Å². The number of carbonyl (C=O) groups is 1. The molecule has 2 aromatic rings. The number of thiazole rings is 1. The summed E-state index contributed by atoms with van der Waals surface area (Å²) in [6.07, 6.45) is 0.428. The first-order chi connectivity index (χ1) is 8.99. The van der Waals surface area contributed by atoms with E-state index in [1.807, 2.05) is 38.1 Å². The van der Waals surface area contributed by atoms with Crippen LogP contribution in [0.2, 0.25) is 0 Å². The number of rotatable bonds is 4. The molecule has 0 aliphatic heterocycles. The van der Waals surface area contributed by atoms with Crippen LogP contribution in [0.5, 0.6) is 0 Å². The van der Waals surface area contributed by atoms with Crippen LogP contribution in [0.15, 0.2) is 28.7 Å². The number of aromatic nitrogens is 1. The lowest BCUT2D eigenvalue weighted by molar-refractivity contribution is -0.138. The largest absolute Gasteiger partial charge is 0.481 e. The van der Waals surface area contributed by atoms with Gasteiger partial charge in [-0.3, -0.25) is 4.79 Å². The molecule has 1 N–H and O–H groups in total. The molecule has 0 aliphatic rings. The van der Waals surface area contributed by atoms with Crippen molar-refractivity contribution in [1.29, 1.82) is 0 Å². The van der Waals surface area contributed by atoms with Gasteiger partial charge in [0, 0.05) is 15.8 Å². The minimum atomic E-state index is -0.822. The maximum absolute atomic E-state index is 11.5. The van der Waals surface area contributed by atoms with Gasteiger partial charge >= 0.3 is 5.97 Å². The van der Waals surface area contributed by atoms with E-state index < -0.39 is 11.9 Å². The van der Waals surface area contributed by atoms with E-state index in [1.54, 1.807) is 11.3 Å². The van der Waals surface area contributed by atoms with Crippen LogP contribution in [0.3, 0.4) is 0 Å². The van der Waals surface area contributed by atoms with Gasteiger partial charge in [0.15, 0.2) is 0 Å². The predicted molar refractivity (Wildman–Crippen MR) is 79.8 cm³/mol. The van der Waals surface area contributed by atoms with Crippen LogP contribution in [-0.4, -0.2) is 16.1 Å². The van der Waals surface area contributed by atoms with Crippen molar-refractivity contribution in [3.63, 3.8) is 0 Å². The maximum Gasteiger partial charge on any atom is 0.311 e. The Bertz CT molecular complexity index is 590. The number of carboxylic acid groups (broad SMARTS) is 1. The van der Waals surface area contributed by atoms with Gasteiger partial charge in [-0.05, 0) is 25.5 Å². The van der Waals surface area contributed by atoms with E-state index >= 15 is 0 Å². The van der Waals surface area contributed by atoms with Crippen LogP contribution < -0.4 is 0 Å². The molecule has 5 heteroatoms. The molecule has 2 rings (SSSR count). The van der Waals surface area contributed by atoms with Gasteiger partial charge < -0.3 is 5.11 Å². The zero-order valence-electron chi connectivity index (χ0n) is 10.7. The summed E-state index contributed by atoms with van der Waals surface area (Å²) in [6.45, 7) is 3.95. The number of hydrogen-bond acceptors (Lipinski definition) is 3. The second-order valence-corrected chi connectivity index (χ2v) is 6.51. The molecule has 100 valence electrons. The molecule has 0 aliphatic carbocycles. The zero-order valence-corrected chi connectivity index (χ0v) is 13.1. The molecule has 0 radical (unpaired) electrons. The summed E-state index contributed by atoms with van der Waals surface area (Å²) in [6, 6.07) is 7.44. The monoisotopic (exact) mass is 339 g/mol. The summed E-state index contributed by atoms with van der Waals surface area (Å²) in [5.41, 5.74) is 1.77. The number of aliphatic carboxylic acids is 1. The van der Waals surface area contributed by atoms with Crippen molar-refractivity contribution in [2.24, 2.45) is 0 Å². The van der Waals surface area contributed by atoms with E-state index in [0.29, 0.717) is 6.42 Å². The Kier molecular flexibility index (Phi) is 4.37. The van der Waals surface area contributed by atoms with Gasteiger partial charge in [-0.2, -0.15) is 0 Å². The van der Waals surface area contributed by atoms with Crippen LogP contribution in [-0.2, 0) is 11.2 Å². The molecule has 0 fully saturated rings. The van der Waals surface area contributed by atoms with E-state index in [0.717, 1.165) is 25.6 Å². The zero-order chi connectivity index (χ0) is 14.0. The molecule has 0 saturated heterocycles. The SMILES string of the molecule is Cc1nc(CC(C(=O)O)c2ccccc2Br)sc1C. The van der Waals surface area contributed by atoms with Crippen molar-refractivity contribution >= 4 is 33.2 Å². The average molecular weight is 340 g/mol. The predicted octanol–water partition coefficient (Wildman–Crippen LogP) is 3.93. The van der Waals surface area contributed by atoms with Crippen LogP contribution in [0.25, 0.3) is 0 Å². The van der Waals surface area contributed by atoms with Crippen LogP contribution in [0.1, 0.15) is 27.1 Å². The molecule has 1 heterocycles. The fraction of sp³-hybridized carbons (Fsp3) is 0.286. The number of halogens is 1. The lowest BCUT2D eigenvalue weighted by atomic mass is 9.96. The standard InChI is InChI=1S/C14H14BrNO2S/c1-8-9(2)19-13(16-8)7-11(14(17)18)10-5-3-4-6-12(10)15/h3-6,11H,7H2,1-2H3,(H,17,18). The summed E-state index contributed by atoms with van der Waals surface area (Å²) in [5.74, 6) is -1.39. The first kappa shape index (κ1) is 14.2. The summed E-state index contributed by atoms with van der Waals surface area (Å²) in [7, 11) is 0. The summed E-state index contributed by atoms with van der Waals surface area (Å²) >= 11 is 4.99. The lowest BCUT2D eigenvalue weighted by Crippen LogP contribution is -2.15. The molecule has 0 amide bonds. The fourth-order valence-electron chi connectivity index (χ4n) is 1.89. The minimum absolute atomic E-state index is 0.428. The molecule has 1 aromatic heterocycles. The number of aryl methyl sites for hydroxylation is 2. The van der Waals surface area contributed by atoms with E-state index in [-0.39, 0.29) is 0 Å². The first-order valence-electron chi connectivity index (χ1n) is 5.89. The third kappa shape index (κ3) is 3.22. The third-order valence-electron chi connectivity index (χ3n) is 3.03. The number of benzene rings is 1. The van der Waals surface area contributed by atoms with Crippen LogP contribution >= 0.6 is 27.3 Å².